The first-order valence-electron chi connectivity index (χ1n) is 8.41. The van der Waals surface area contributed by atoms with Crippen molar-refractivity contribution in [1.82, 2.24) is 0 Å². The smallest absolute Gasteiger partial charge is 0.335 e. The number of ether oxygens (including phenoxy) is 2. The molecule has 0 heterocycles. The van der Waals surface area contributed by atoms with Crippen LogP contribution in [0.4, 0.5) is 5.69 Å². The van der Waals surface area contributed by atoms with Crippen molar-refractivity contribution in [3.05, 3.63) is 53.1 Å². The highest BCUT2D eigenvalue weighted by Gasteiger charge is 2.09. The summed E-state index contributed by atoms with van der Waals surface area (Å²) in [7, 11) is 0. The Labute approximate surface area is 148 Å². The fraction of sp³-hybridized carbons (Fsp3) is 0.350. The molecule has 0 saturated heterocycles. The molecule has 0 radical (unpaired) electrons. The van der Waals surface area contributed by atoms with Crippen LogP contribution in [0.15, 0.2) is 36.4 Å². The molecule has 0 bridgehead atoms. The van der Waals surface area contributed by atoms with Gasteiger partial charge in [0.2, 0.25) is 0 Å². The van der Waals surface area contributed by atoms with Crippen LogP contribution in [0.5, 0.6) is 11.5 Å². The van der Waals surface area contributed by atoms with Gasteiger partial charge in [0, 0.05) is 12.2 Å². The fourth-order valence-electron chi connectivity index (χ4n) is 2.47. The first kappa shape index (κ1) is 18.6. The van der Waals surface area contributed by atoms with Gasteiger partial charge >= 0.3 is 5.97 Å². The molecule has 5 heteroatoms. The normalized spacial score (nSPS) is 10.6. The monoisotopic (exact) mass is 343 g/mol. The highest BCUT2D eigenvalue weighted by molar-refractivity contribution is 5.88. The van der Waals surface area contributed by atoms with E-state index in [-0.39, 0.29) is 11.7 Å². The second kappa shape index (κ2) is 8.42. The van der Waals surface area contributed by atoms with Gasteiger partial charge in [0.05, 0.1) is 18.3 Å². The summed E-state index contributed by atoms with van der Waals surface area (Å²) in [4.78, 5) is 11.0. The van der Waals surface area contributed by atoms with E-state index in [1.165, 1.54) is 0 Å². The van der Waals surface area contributed by atoms with Crippen molar-refractivity contribution >= 4 is 11.7 Å². The summed E-state index contributed by atoms with van der Waals surface area (Å²) in [6, 6.07) is 10.9. The number of carbonyl (C=O) groups is 1. The highest BCUT2D eigenvalue weighted by Crippen LogP contribution is 2.30. The summed E-state index contributed by atoms with van der Waals surface area (Å²) in [5, 5.41) is 12.4. The van der Waals surface area contributed by atoms with Crippen LogP contribution in [-0.2, 0) is 6.54 Å². The molecule has 0 saturated carbocycles. The first-order chi connectivity index (χ1) is 11.9. The molecular weight excluding hydrogens is 318 g/mol. The number of hydrogen-bond acceptors (Lipinski definition) is 4. The average Bonchev–Trinajstić information content (AvgIpc) is 2.55. The minimum atomic E-state index is -0.920. The zero-order valence-electron chi connectivity index (χ0n) is 15.1. The Hall–Kier alpha value is -2.69. The molecule has 0 amide bonds. The lowest BCUT2D eigenvalue weighted by Gasteiger charge is -2.16. The van der Waals surface area contributed by atoms with Gasteiger partial charge in [0.15, 0.2) is 11.5 Å². The lowest BCUT2D eigenvalue weighted by molar-refractivity contribution is 0.0697. The molecule has 25 heavy (non-hydrogen) atoms. The number of nitrogens with one attached hydrogen (secondary N) is 1. The van der Waals surface area contributed by atoms with Gasteiger partial charge in [0.1, 0.15) is 0 Å². The van der Waals surface area contributed by atoms with E-state index in [0.29, 0.717) is 13.2 Å². The van der Waals surface area contributed by atoms with Gasteiger partial charge in [-0.2, -0.15) is 0 Å². The number of rotatable bonds is 8. The van der Waals surface area contributed by atoms with Crippen LogP contribution in [0.1, 0.15) is 42.3 Å². The first-order valence-corrected chi connectivity index (χ1v) is 8.41. The van der Waals surface area contributed by atoms with E-state index in [1.54, 1.807) is 18.2 Å². The van der Waals surface area contributed by atoms with Crippen molar-refractivity contribution in [2.24, 2.45) is 0 Å². The van der Waals surface area contributed by atoms with Gasteiger partial charge in [-0.15, -0.1) is 0 Å². The molecule has 0 unspecified atom stereocenters. The second-order valence-electron chi connectivity index (χ2n) is 6.07. The van der Waals surface area contributed by atoms with Crippen molar-refractivity contribution in [3.63, 3.8) is 0 Å². The summed E-state index contributed by atoms with van der Waals surface area (Å²) in [6.07, 6.45) is 0.0820. The molecular formula is C20H25NO4. The van der Waals surface area contributed by atoms with Gasteiger partial charge in [-0.3, -0.25) is 0 Å². The molecule has 2 aromatic rings. The number of benzene rings is 2. The number of anilines is 1. The number of aromatic carboxylic acids is 1. The van der Waals surface area contributed by atoms with Crippen LogP contribution >= 0.6 is 0 Å². The van der Waals surface area contributed by atoms with E-state index < -0.39 is 5.97 Å². The molecule has 2 rings (SSSR count). The molecule has 5 nitrogen and oxygen atoms in total. The number of hydrogen-bond donors (Lipinski definition) is 2. The minimum Gasteiger partial charge on any atom is -0.490 e. The van der Waals surface area contributed by atoms with Gasteiger partial charge in [0.25, 0.3) is 0 Å². The van der Waals surface area contributed by atoms with Crippen LogP contribution in [0.2, 0.25) is 0 Å². The number of carboxylic acids is 1. The number of aryl methyl sites for hydroxylation is 1. The van der Waals surface area contributed by atoms with E-state index in [1.807, 2.05) is 45.9 Å². The lowest BCUT2D eigenvalue weighted by Crippen LogP contribution is -2.08. The summed E-state index contributed by atoms with van der Waals surface area (Å²) >= 11 is 0. The maximum absolute atomic E-state index is 11.0. The van der Waals surface area contributed by atoms with Crippen molar-refractivity contribution in [1.29, 1.82) is 0 Å². The molecule has 0 fully saturated rings. The molecule has 0 aliphatic rings. The molecule has 0 aromatic heterocycles. The van der Waals surface area contributed by atoms with Gasteiger partial charge in [-0.1, -0.05) is 6.07 Å². The van der Waals surface area contributed by atoms with E-state index in [9.17, 15) is 4.79 Å². The Morgan fingerprint density at radius 3 is 2.52 bits per heavy atom. The van der Waals surface area contributed by atoms with Crippen LogP contribution in [0.25, 0.3) is 0 Å². The Bertz CT molecular complexity index is 740. The standard InChI is InChI=1S/C20H25NO4/c1-5-24-19-11-15(6-9-18(19)25-13(2)3)12-21-17-8-7-16(20(22)23)10-14(17)4/h6-11,13,21H,5,12H2,1-4H3,(H,22,23). The zero-order valence-corrected chi connectivity index (χ0v) is 15.1. The van der Waals surface area contributed by atoms with Crippen molar-refractivity contribution in [2.75, 3.05) is 11.9 Å². The van der Waals surface area contributed by atoms with Crippen LogP contribution in [-0.4, -0.2) is 23.8 Å². The summed E-state index contributed by atoms with van der Waals surface area (Å²) in [6.45, 7) is 8.97. The fourth-order valence-corrected chi connectivity index (χ4v) is 2.47. The third-order valence-corrected chi connectivity index (χ3v) is 3.63. The van der Waals surface area contributed by atoms with Crippen molar-refractivity contribution in [2.45, 2.75) is 40.3 Å². The molecule has 0 aliphatic carbocycles. The SMILES string of the molecule is CCOc1cc(CNc2ccc(C(=O)O)cc2C)ccc1OC(C)C. The Morgan fingerprint density at radius 1 is 1.16 bits per heavy atom. The van der Waals surface area contributed by atoms with Crippen LogP contribution in [0.3, 0.4) is 0 Å². The lowest BCUT2D eigenvalue weighted by atomic mass is 10.1. The maximum atomic E-state index is 11.0. The Balaban J connectivity index is 2.12. The predicted octanol–water partition coefficient (Wildman–Crippen LogP) is 4.49. The molecule has 134 valence electrons. The topological polar surface area (TPSA) is 67.8 Å². The summed E-state index contributed by atoms with van der Waals surface area (Å²) in [5.74, 6) is 0.549. The molecule has 2 N–H and O–H groups in total. The molecule has 2 aromatic carbocycles. The second-order valence-corrected chi connectivity index (χ2v) is 6.07. The van der Waals surface area contributed by atoms with Gasteiger partial charge in [-0.25, -0.2) is 4.79 Å². The largest absolute Gasteiger partial charge is 0.490 e. The van der Waals surface area contributed by atoms with E-state index in [2.05, 4.69) is 5.32 Å². The molecule has 0 aliphatic heterocycles. The molecule has 0 atom stereocenters. The Kier molecular flexibility index (Phi) is 6.28. The number of carboxylic acid groups (broad SMARTS) is 1. The predicted molar refractivity (Wildman–Crippen MR) is 98.8 cm³/mol. The minimum absolute atomic E-state index is 0.0820. The third kappa shape index (κ3) is 5.14. The summed E-state index contributed by atoms with van der Waals surface area (Å²) < 4.78 is 11.4. The maximum Gasteiger partial charge on any atom is 0.335 e. The Morgan fingerprint density at radius 2 is 1.92 bits per heavy atom. The van der Waals surface area contributed by atoms with E-state index in [0.717, 1.165) is 28.3 Å². The zero-order chi connectivity index (χ0) is 18.4. The van der Waals surface area contributed by atoms with Crippen LogP contribution in [0, 0.1) is 6.92 Å². The highest BCUT2D eigenvalue weighted by atomic mass is 16.5. The van der Waals surface area contributed by atoms with E-state index >= 15 is 0 Å². The summed E-state index contributed by atoms with van der Waals surface area (Å²) in [5.41, 5.74) is 3.15. The van der Waals surface area contributed by atoms with Gasteiger partial charge in [-0.05, 0) is 69.2 Å². The van der Waals surface area contributed by atoms with Crippen molar-refractivity contribution < 1.29 is 19.4 Å². The van der Waals surface area contributed by atoms with Gasteiger partial charge < -0.3 is 19.9 Å². The van der Waals surface area contributed by atoms with Crippen molar-refractivity contribution in [3.8, 4) is 11.5 Å². The molecule has 0 spiro atoms. The van der Waals surface area contributed by atoms with E-state index in [4.69, 9.17) is 14.6 Å². The van der Waals surface area contributed by atoms with Crippen LogP contribution < -0.4 is 14.8 Å². The average molecular weight is 343 g/mol. The third-order valence-electron chi connectivity index (χ3n) is 3.63. The quantitative estimate of drug-likeness (QED) is 0.739.